The van der Waals surface area contributed by atoms with Crippen LogP contribution in [0.1, 0.15) is 25.3 Å². The Morgan fingerprint density at radius 2 is 2.05 bits per heavy atom. The molecule has 0 radical (unpaired) electrons. The standard InChI is InChI=1S/C17H26N2O3/c1-2-18-17(22)15-16(21)14(20)10-12-19(15)11-6-9-13-7-4-3-5-8-13/h3-5,7-8,14-16,20-21H,2,6,9-12H2,1H3,(H,18,22). The molecule has 1 aromatic carbocycles. The fourth-order valence-electron chi connectivity index (χ4n) is 3.02. The third kappa shape index (κ3) is 4.29. The molecule has 0 aromatic heterocycles. The summed E-state index contributed by atoms with van der Waals surface area (Å²) in [7, 11) is 0. The van der Waals surface area contributed by atoms with Gasteiger partial charge in [0.15, 0.2) is 0 Å². The predicted molar refractivity (Wildman–Crippen MR) is 85.4 cm³/mol. The van der Waals surface area contributed by atoms with E-state index in [4.69, 9.17) is 0 Å². The van der Waals surface area contributed by atoms with Gasteiger partial charge in [0, 0.05) is 13.1 Å². The first kappa shape index (κ1) is 16.9. The number of piperidine rings is 1. The van der Waals surface area contributed by atoms with Gasteiger partial charge >= 0.3 is 0 Å². The van der Waals surface area contributed by atoms with Gasteiger partial charge in [-0.3, -0.25) is 9.69 Å². The predicted octanol–water partition coefficient (Wildman–Crippen LogP) is 0.551. The molecule has 1 aliphatic heterocycles. The number of aliphatic hydroxyl groups is 2. The van der Waals surface area contributed by atoms with Gasteiger partial charge in [-0.15, -0.1) is 0 Å². The maximum atomic E-state index is 12.2. The lowest BCUT2D eigenvalue weighted by Crippen LogP contribution is -2.61. The molecule has 0 aliphatic carbocycles. The first-order chi connectivity index (χ1) is 10.6. The molecule has 0 saturated carbocycles. The van der Waals surface area contributed by atoms with E-state index in [0.29, 0.717) is 19.5 Å². The highest BCUT2D eigenvalue weighted by atomic mass is 16.3. The smallest absolute Gasteiger partial charge is 0.240 e. The number of rotatable bonds is 6. The Morgan fingerprint density at radius 1 is 1.32 bits per heavy atom. The van der Waals surface area contributed by atoms with Gasteiger partial charge in [-0.25, -0.2) is 0 Å². The number of carbonyl (C=O) groups is 1. The maximum Gasteiger partial charge on any atom is 0.240 e. The lowest BCUT2D eigenvalue weighted by Gasteiger charge is -2.40. The monoisotopic (exact) mass is 306 g/mol. The van der Waals surface area contributed by atoms with Crippen molar-refractivity contribution in [2.75, 3.05) is 19.6 Å². The summed E-state index contributed by atoms with van der Waals surface area (Å²) in [6, 6.07) is 9.57. The van der Waals surface area contributed by atoms with Gasteiger partial charge in [0.1, 0.15) is 12.1 Å². The Kier molecular flexibility index (Phi) is 6.36. The molecule has 1 aliphatic rings. The Hall–Kier alpha value is -1.43. The summed E-state index contributed by atoms with van der Waals surface area (Å²) in [5.41, 5.74) is 1.27. The molecule has 1 amide bonds. The quantitative estimate of drug-likeness (QED) is 0.718. The summed E-state index contributed by atoms with van der Waals surface area (Å²) in [6.45, 7) is 3.74. The van der Waals surface area contributed by atoms with Crippen molar-refractivity contribution >= 4 is 5.91 Å². The number of nitrogens with one attached hydrogen (secondary N) is 1. The molecular formula is C17H26N2O3. The van der Waals surface area contributed by atoms with Crippen LogP contribution in [0.25, 0.3) is 0 Å². The molecule has 2 rings (SSSR count). The average molecular weight is 306 g/mol. The van der Waals surface area contributed by atoms with E-state index in [0.717, 1.165) is 19.4 Å². The zero-order valence-corrected chi connectivity index (χ0v) is 13.1. The number of amides is 1. The number of aliphatic hydroxyl groups excluding tert-OH is 2. The van der Waals surface area contributed by atoms with Crippen LogP contribution in [0.2, 0.25) is 0 Å². The summed E-state index contributed by atoms with van der Waals surface area (Å²) < 4.78 is 0. The van der Waals surface area contributed by atoms with Crippen LogP contribution in [0.4, 0.5) is 0 Å². The molecule has 3 N–H and O–H groups in total. The molecule has 1 aromatic rings. The van der Waals surface area contributed by atoms with E-state index in [1.165, 1.54) is 5.56 Å². The molecule has 5 nitrogen and oxygen atoms in total. The summed E-state index contributed by atoms with van der Waals surface area (Å²) in [5, 5.41) is 22.8. The second-order valence-electron chi connectivity index (χ2n) is 5.81. The van der Waals surface area contributed by atoms with Gasteiger partial charge in [-0.2, -0.15) is 0 Å². The van der Waals surface area contributed by atoms with Gasteiger partial charge in [-0.05, 0) is 38.3 Å². The van der Waals surface area contributed by atoms with Crippen molar-refractivity contribution in [1.29, 1.82) is 0 Å². The van der Waals surface area contributed by atoms with Gasteiger partial charge in [0.25, 0.3) is 0 Å². The first-order valence-corrected chi connectivity index (χ1v) is 8.05. The fraction of sp³-hybridized carbons (Fsp3) is 0.588. The van der Waals surface area contributed by atoms with Gasteiger partial charge in [0.2, 0.25) is 5.91 Å². The average Bonchev–Trinajstić information content (AvgIpc) is 2.52. The Labute approximate surface area is 131 Å². The van der Waals surface area contributed by atoms with E-state index in [9.17, 15) is 15.0 Å². The molecule has 5 heteroatoms. The zero-order valence-electron chi connectivity index (χ0n) is 13.1. The van der Waals surface area contributed by atoms with Crippen molar-refractivity contribution in [2.24, 2.45) is 0 Å². The molecular weight excluding hydrogens is 280 g/mol. The lowest BCUT2D eigenvalue weighted by molar-refractivity contribution is -0.140. The topological polar surface area (TPSA) is 72.8 Å². The number of likely N-dealkylation sites (tertiary alicyclic amines) is 1. The van der Waals surface area contributed by atoms with Crippen molar-refractivity contribution in [2.45, 2.75) is 44.4 Å². The van der Waals surface area contributed by atoms with Crippen LogP contribution in [-0.2, 0) is 11.2 Å². The summed E-state index contributed by atoms with van der Waals surface area (Å²) in [6.07, 6.45) is 0.526. The molecule has 1 fully saturated rings. The van der Waals surface area contributed by atoms with E-state index in [1.54, 1.807) is 0 Å². The zero-order chi connectivity index (χ0) is 15.9. The minimum atomic E-state index is -1.02. The summed E-state index contributed by atoms with van der Waals surface area (Å²) in [5.74, 6) is -0.200. The van der Waals surface area contributed by atoms with Crippen molar-refractivity contribution < 1.29 is 15.0 Å². The third-order valence-corrected chi connectivity index (χ3v) is 4.20. The van der Waals surface area contributed by atoms with E-state index < -0.39 is 18.2 Å². The van der Waals surface area contributed by atoms with Gasteiger partial charge in [-0.1, -0.05) is 30.3 Å². The molecule has 0 bridgehead atoms. The van der Waals surface area contributed by atoms with Crippen LogP contribution in [0.3, 0.4) is 0 Å². The van der Waals surface area contributed by atoms with Crippen LogP contribution < -0.4 is 5.32 Å². The maximum absolute atomic E-state index is 12.2. The van der Waals surface area contributed by atoms with E-state index in [1.807, 2.05) is 30.0 Å². The number of aryl methyl sites for hydroxylation is 1. The summed E-state index contributed by atoms with van der Waals surface area (Å²) >= 11 is 0. The molecule has 3 atom stereocenters. The normalized spacial score (nSPS) is 25.9. The van der Waals surface area contributed by atoms with Crippen LogP contribution in [0.5, 0.6) is 0 Å². The fourth-order valence-corrected chi connectivity index (χ4v) is 3.02. The van der Waals surface area contributed by atoms with E-state index in [-0.39, 0.29) is 5.91 Å². The Balaban J connectivity index is 1.93. The molecule has 122 valence electrons. The molecule has 1 saturated heterocycles. The van der Waals surface area contributed by atoms with Crippen LogP contribution >= 0.6 is 0 Å². The minimum absolute atomic E-state index is 0.200. The number of hydrogen-bond acceptors (Lipinski definition) is 4. The second kappa shape index (κ2) is 8.27. The number of benzene rings is 1. The van der Waals surface area contributed by atoms with Crippen LogP contribution in [0.15, 0.2) is 30.3 Å². The highest BCUT2D eigenvalue weighted by molar-refractivity contribution is 5.82. The van der Waals surface area contributed by atoms with Gasteiger partial charge in [0.05, 0.1) is 6.10 Å². The lowest BCUT2D eigenvalue weighted by atomic mass is 9.94. The van der Waals surface area contributed by atoms with Crippen molar-refractivity contribution in [3.05, 3.63) is 35.9 Å². The van der Waals surface area contributed by atoms with Crippen molar-refractivity contribution in [3.8, 4) is 0 Å². The SMILES string of the molecule is CCNC(=O)C1C(O)C(O)CCN1CCCc1ccccc1. The van der Waals surface area contributed by atoms with Crippen molar-refractivity contribution in [1.82, 2.24) is 10.2 Å². The highest BCUT2D eigenvalue weighted by Crippen LogP contribution is 2.19. The largest absolute Gasteiger partial charge is 0.390 e. The van der Waals surface area contributed by atoms with Crippen LogP contribution in [-0.4, -0.2) is 58.9 Å². The van der Waals surface area contributed by atoms with Crippen molar-refractivity contribution in [3.63, 3.8) is 0 Å². The molecule has 0 spiro atoms. The van der Waals surface area contributed by atoms with Crippen LogP contribution in [0, 0.1) is 0 Å². The number of likely N-dealkylation sites (N-methyl/N-ethyl adjacent to an activating group) is 1. The Bertz CT molecular complexity index is 466. The number of nitrogens with zero attached hydrogens (tertiary/aromatic N) is 1. The molecule has 3 unspecified atom stereocenters. The number of hydrogen-bond donors (Lipinski definition) is 3. The highest BCUT2D eigenvalue weighted by Gasteiger charge is 2.40. The van der Waals surface area contributed by atoms with E-state index >= 15 is 0 Å². The van der Waals surface area contributed by atoms with Gasteiger partial charge < -0.3 is 15.5 Å². The second-order valence-corrected chi connectivity index (χ2v) is 5.81. The molecule has 22 heavy (non-hydrogen) atoms. The minimum Gasteiger partial charge on any atom is -0.390 e. The summed E-state index contributed by atoms with van der Waals surface area (Å²) in [4.78, 5) is 14.2. The van der Waals surface area contributed by atoms with E-state index in [2.05, 4.69) is 17.4 Å². The molecule has 1 heterocycles. The Morgan fingerprint density at radius 3 is 2.73 bits per heavy atom. The first-order valence-electron chi connectivity index (χ1n) is 8.05. The third-order valence-electron chi connectivity index (χ3n) is 4.20. The number of carbonyl (C=O) groups excluding carboxylic acids is 1.